The van der Waals surface area contributed by atoms with Crippen LogP contribution in [0.4, 0.5) is 11.4 Å². The Kier molecular flexibility index (Phi) is 4.75. The van der Waals surface area contributed by atoms with Gasteiger partial charge in [-0.25, -0.2) is 4.90 Å². The smallest absolute Gasteiger partial charge is 0.282 e. The highest BCUT2D eigenvalue weighted by molar-refractivity contribution is 6.47. The zero-order valence-electron chi connectivity index (χ0n) is 16.8. The Balaban J connectivity index is 1.72. The molecule has 6 heteroatoms. The largest absolute Gasteiger partial charge is 0.496 e. The van der Waals surface area contributed by atoms with Crippen LogP contribution in [-0.2, 0) is 16.0 Å². The third kappa shape index (κ3) is 3.09. The van der Waals surface area contributed by atoms with E-state index in [1.54, 1.807) is 37.4 Å². The zero-order chi connectivity index (χ0) is 21.5. The molecule has 31 heavy (non-hydrogen) atoms. The molecule has 2 aliphatic rings. The monoisotopic (exact) mass is 430 g/mol. The average molecular weight is 431 g/mol. The lowest BCUT2D eigenvalue weighted by atomic mass is 10.0. The van der Waals surface area contributed by atoms with E-state index in [9.17, 15) is 9.59 Å². The number of para-hydroxylation sites is 2. The van der Waals surface area contributed by atoms with Crippen LogP contribution >= 0.6 is 11.6 Å². The van der Waals surface area contributed by atoms with Gasteiger partial charge in [0.2, 0.25) is 0 Å². The van der Waals surface area contributed by atoms with Crippen molar-refractivity contribution in [3.05, 3.63) is 94.6 Å². The fourth-order valence-corrected chi connectivity index (χ4v) is 4.47. The summed E-state index contributed by atoms with van der Waals surface area (Å²) >= 11 is 6.16. The number of fused-ring (bicyclic) bond motifs is 1. The van der Waals surface area contributed by atoms with Crippen LogP contribution in [0.2, 0.25) is 5.02 Å². The van der Waals surface area contributed by atoms with Crippen LogP contribution in [0.5, 0.6) is 5.75 Å². The van der Waals surface area contributed by atoms with Crippen LogP contribution in [-0.4, -0.2) is 25.5 Å². The highest BCUT2D eigenvalue weighted by atomic mass is 35.5. The van der Waals surface area contributed by atoms with Gasteiger partial charge in [-0.1, -0.05) is 54.1 Å². The van der Waals surface area contributed by atoms with E-state index in [2.05, 4.69) is 6.07 Å². The first-order valence-electron chi connectivity index (χ1n) is 9.97. The number of hydrogen-bond acceptors (Lipinski definition) is 4. The summed E-state index contributed by atoms with van der Waals surface area (Å²) in [5, 5.41) is 0.455. The summed E-state index contributed by atoms with van der Waals surface area (Å²) in [6.45, 7) is 0.621. The van der Waals surface area contributed by atoms with Crippen LogP contribution < -0.4 is 14.5 Å². The van der Waals surface area contributed by atoms with Crippen molar-refractivity contribution in [1.29, 1.82) is 0 Å². The number of hydrogen-bond donors (Lipinski definition) is 0. The molecule has 5 rings (SSSR count). The number of amides is 2. The number of carbonyl (C=O) groups excluding carboxylic acids is 2. The summed E-state index contributed by atoms with van der Waals surface area (Å²) in [4.78, 5) is 30.6. The van der Waals surface area contributed by atoms with E-state index in [1.807, 2.05) is 41.3 Å². The lowest BCUT2D eigenvalue weighted by Crippen LogP contribution is -2.34. The molecule has 0 radical (unpaired) electrons. The van der Waals surface area contributed by atoms with Gasteiger partial charge in [-0.15, -0.1) is 0 Å². The lowest BCUT2D eigenvalue weighted by molar-refractivity contribution is -0.120. The minimum Gasteiger partial charge on any atom is -0.496 e. The van der Waals surface area contributed by atoms with Gasteiger partial charge in [0, 0.05) is 22.8 Å². The van der Waals surface area contributed by atoms with E-state index in [1.165, 1.54) is 4.90 Å². The number of rotatable bonds is 4. The Labute approximate surface area is 185 Å². The van der Waals surface area contributed by atoms with Crippen LogP contribution in [0.15, 0.2) is 78.5 Å². The van der Waals surface area contributed by atoms with Gasteiger partial charge in [0.15, 0.2) is 0 Å². The van der Waals surface area contributed by atoms with Crippen molar-refractivity contribution in [1.82, 2.24) is 0 Å². The lowest BCUT2D eigenvalue weighted by Gasteiger charge is -2.22. The standard InChI is InChI=1S/C25H19ClN2O3/c1-31-21-12-5-3-10-19(21)22-23(27-14-13-16-7-2-4-11-20(16)27)25(30)28(24(22)29)18-9-6-8-17(26)15-18/h2-12,15H,13-14H2,1H3. The molecular formula is C25H19ClN2O3. The number of benzene rings is 3. The third-order valence-corrected chi connectivity index (χ3v) is 5.89. The van der Waals surface area contributed by atoms with E-state index in [0.717, 1.165) is 17.7 Å². The fourth-order valence-electron chi connectivity index (χ4n) is 4.28. The molecule has 5 nitrogen and oxygen atoms in total. The average Bonchev–Trinajstić information content (AvgIpc) is 3.31. The maximum absolute atomic E-state index is 13.7. The summed E-state index contributed by atoms with van der Waals surface area (Å²) in [5.74, 6) is -0.224. The molecule has 154 valence electrons. The number of carbonyl (C=O) groups is 2. The molecule has 2 aliphatic heterocycles. The van der Waals surface area contributed by atoms with Crippen LogP contribution in [0.25, 0.3) is 5.57 Å². The SMILES string of the molecule is COc1ccccc1C1=C(N2CCc3ccccc32)C(=O)N(c2cccc(Cl)c2)C1=O. The van der Waals surface area contributed by atoms with Crippen molar-refractivity contribution >= 4 is 40.4 Å². The summed E-state index contributed by atoms with van der Waals surface area (Å²) in [6.07, 6.45) is 0.803. The van der Waals surface area contributed by atoms with Gasteiger partial charge in [0.1, 0.15) is 11.4 Å². The van der Waals surface area contributed by atoms with Crippen molar-refractivity contribution in [2.24, 2.45) is 0 Å². The Morgan fingerprint density at radius 1 is 0.903 bits per heavy atom. The molecule has 3 aromatic rings. The minimum absolute atomic E-state index is 0.333. The first-order chi connectivity index (χ1) is 15.1. The summed E-state index contributed by atoms with van der Waals surface area (Å²) < 4.78 is 5.53. The molecule has 0 saturated carbocycles. The number of halogens is 1. The van der Waals surface area contributed by atoms with Gasteiger partial charge in [-0.2, -0.15) is 0 Å². The molecule has 0 saturated heterocycles. The highest BCUT2D eigenvalue weighted by Gasteiger charge is 2.44. The van der Waals surface area contributed by atoms with Crippen molar-refractivity contribution in [3.63, 3.8) is 0 Å². The third-order valence-electron chi connectivity index (χ3n) is 5.66. The van der Waals surface area contributed by atoms with E-state index < -0.39 is 5.91 Å². The predicted octanol–water partition coefficient (Wildman–Crippen LogP) is 4.70. The van der Waals surface area contributed by atoms with Crippen molar-refractivity contribution in [3.8, 4) is 5.75 Å². The van der Waals surface area contributed by atoms with Crippen LogP contribution in [0, 0.1) is 0 Å². The molecule has 0 fully saturated rings. The summed E-state index contributed by atoms with van der Waals surface area (Å²) in [5.41, 5.74) is 3.82. The molecule has 2 heterocycles. The Morgan fingerprint density at radius 2 is 1.68 bits per heavy atom. The van der Waals surface area contributed by atoms with Gasteiger partial charge in [0.25, 0.3) is 11.8 Å². The molecular weight excluding hydrogens is 412 g/mol. The van der Waals surface area contributed by atoms with Crippen molar-refractivity contribution in [2.75, 3.05) is 23.5 Å². The second-order valence-corrected chi connectivity index (χ2v) is 7.82. The highest BCUT2D eigenvalue weighted by Crippen LogP contribution is 2.42. The van der Waals surface area contributed by atoms with Crippen LogP contribution in [0.1, 0.15) is 11.1 Å². The van der Waals surface area contributed by atoms with Gasteiger partial charge in [-0.05, 0) is 42.3 Å². The van der Waals surface area contributed by atoms with E-state index in [4.69, 9.17) is 16.3 Å². The second kappa shape index (κ2) is 7.60. The fraction of sp³-hybridized carbons (Fsp3) is 0.120. The maximum atomic E-state index is 13.7. The molecule has 0 N–H and O–H groups in total. The minimum atomic E-state index is -0.392. The molecule has 0 bridgehead atoms. The van der Waals surface area contributed by atoms with Gasteiger partial charge in [-0.3, -0.25) is 9.59 Å². The van der Waals surface area contributed by atoms with Crippen molar-refractivity contribution < 1.29 is 14.3 Å². The first-order valence-corrected chi connectivity index (χ1v) is 10.4. The molecule has 0 spiro atoms. The first kappa shape index (κ1) is 19.4. The predicted molar refractivity (Wildman–Crippen MR) is 121 cm³/mol. The number of anilines is 2. The van der Waals surface area contributed by atoms with E-state index >= 15 is 0 Å². The van der Waals surface area contributed by atoms with Gasteiger partial charge in [0.05, 0.1) is 18.4 Å². The quantitative estimate of drug-likeness (QED) is 0.563. The second-order valence-electron chi connectivity index (χ2n) is 7.38. The topological polar surface area (TPSA) is 49.9 Å². The van der Waals surface area contributed by atoms with Crippen LogP contribution in [0.3, 0.4) is 0 Å². The van der Waals surface area contributed by atoms with Crippen molar-refractivity contribution in [2.45, 2.75) is 6.42 Å². The Hall–Kier alpha value is -3.57. The Morgan fingerprint density at radius 3 is 2.48 bits per heavy atom. The normalized spacial score (nSPS) is 15.7. The summed E-state index contributed by atoms with van der Waals surface area (Å²) in [6, 6.07) is 22.0. The molecule has 2 amide bonds. The zero-order valence-corrected chi connectivity index (χ0v) is 17.6. The van der Waals surface area contributed by atoms with Gasteiger partial charge < -0.3 is 9.64 Å². The molecule has 0 unspecified atom stereocenters. The number of imide groups is 1. The molecule has 0 atom stereocenters. The van der Waals surface area contributed by atoms with E-state index in [-0.39, 0.29) is 5.91 Å². The number of ether oxygens (including phenoxy) is 1. The Bertz CT molecular complexity index is 1250. The number of methoxy groups -OCH3 is 1. The molecule has 0 aliphatic carbocycles. The summed E-state index contributed by atoms with van der Waals surface area (Å²) in [7, 11) is 1.56. The van der Waals surface area contributed by atoms with E-state index in [0.29, 0.717) is 39.8 Å². The molecule has 3 aromatic carbocycles. The molecule has 0 aromatic heterocycles. The number of nitrogens with zero attached hydrogens (tertiary/aromatic N) is 2. The van der Waals surface area contributed by atoms with Gasteiger partial charge >= 0.3 is 0 Å². The maximum Gasteiger partial charge on any atom is 0.282 e.